The summed E-state index contributed by atoms with van der Waals surface area (Å²) in [5.74, 6) is -0.611. The molecule has 0 aromatic heterocycles. The summed E-state index contributed by atoms with van der Waals surface area (Å²) < 4.78 is 13.5. The molecular weight excluding hydrogens is 483 g/mol. The van der Waals surface area contributed by atoms with Crippen LogP contribution in [0.4, 0.5) is 4.39 Å². The molecule has 1 atom stereocenters. The molecule has 4 nitrogen and oxygen atoms in total. The Bertz CT molecular complexity index is 1120. The lowest BCUT2D eigenvalue weighted by atomic mass is 10.0. The van der Waals surface area contributed by atoms with Gasteiger partial charge in [-0.1, -0.05) is 54.1 Å². The average Bonchev–Trinajstić information content (AvgIpc) is 2.81. The first-order valence-electron chi connectivity index (χ1n) is 11.4. The SMILES string of the molecule is CC(C)(C)NC(=O)[C@H](Cc1ccccc1)N(Cc1ccc(F)cc1)C(=O)CSc1ccc(Cl)cc1. The van der Waals surface area contributed by atoms with Crippen LogP contribution in [0, 0.1) is 5.82 Å². The standard InChI is InChI=1S/C28H30ClFN2O2S/c1-28(2,3)31-27(34)25(17-20-7-5-4-6-8-20)32(18-21-9-13-23(30)14-10-21)26(33)19-35-24-15-11-22(29)12-16-24/h4-16,25H,17-19H2,1-3H3,(H,31,34)/t25-/m0/s1. The van der Waals surface area contributed by atoms with Crippen molar-refractivity contribution in [3.05, 3.63) is 101 Å². The molecule has 35 heavy (non-hydrogen) atoms. The van der Waals surface area contributed by atoms with Gasteiger partial charge in [0.05, 0.1) is 5.75 Å². The molecule has 3 aromatic rings. The molecule has 0 aliphatic rings. The lowest BCUT2D eigenvalue weighted by Gasteiger charge is -2.34. The van der Waals surface area contributed by atoms with Crippen LogP contribution in [0.5, 0.6) is 0 Å². The van der Waals surface area contributed by atoms with E-state index < -0.39 is 11.6 Å². The predicted octanol–water partition coefficient (Wildman–Crippen LogP) is 6.13. The number of halogens is 2. The first-order chi connectivity index (χ1) is 16.6. The van der Waals surface area contributed by atoms with Crippen LogP contribution in [0.25, 0.3) is 0 Å². The Morgan fingerprint density at radius 2 is 1.57 bits per heavy atom. The zero-order valence-corrected chi connectivity index (χ0v) is 21.7. The smallest absolute Gasteiger partial charge is 0.243 e. The summed E-state index contributed by atoms with van der Waals surface area (Å²) in [4.78, 5) is 29.6. The van der Waals surface area contributed by atoms with Gasteiger partial charge in [-0.05, 0) is 68.3 Å². The Labute approximate surface area is 215 Å². The highest BCUT2D eigenvalue weighted by Crippen LogP contribution is 2.23. The average molecular weight is 513 g/mol. The molecule has 0 saturated heterocycles. The van der Waals surface area contributed by atoms with Crippen molar-refractivity contribution in [2.24, 2.45) is 0 Å². The summed E-state index contributed by atoms with van der Waals surface area (Å²) in [7, 11) is 0. The highest BCUT2D eigenvalue weighted by Gasteiger charge is 2.32. The predicted molar refractivity (Wildman–Crippen MR) is 141 cm³/mol. The van der Waals surface area contributed by atoms with Gasteiger partial charge in [0.25, 0.3) is 0 Å². The van der Waals surface area contributed by atoms with E-state index in [1.807, 2.05) is 63.2 Å². The molecule has 2 amide bonds. The van der Waals surface area contributed by atoms with Crippen molar-refractivity contribution in [3.63, 3.8) is 0 Å². The fourth-order valence-electron chi connectivity index (χ4n) is 3.55. The number of rotatable bonds is 9. The summed E-state index contributed by atoms with van der Waals surface area (Å²) in [5, 5.41) is 3.66. The Morgan fingerprint density at radius 1 is 0.943 bits per heavy atom. The molecule has 184 valence electrons. The van der Waals surface area contributed by atoms with Crippen LogP contribution in [0.2, 0.25) is 5.02 Å². The molecule has 3 rings (SSSR count). The van der Waals surface area contributed by atoms with E-state index in [1.54, 1.807) is 29.2 Å². The van der Waals surface area contributed by atoms with E-state index in [4.69, 9.17) is 11.6 Å². The molecular formula is C28H30ClFN2O2S. The van der Waals surface area contributed by atoms with Gasteiger partial charge in [-0.15, -0.1) is 11.8 Å². The molecule has 0 heterocycles. The minimum absolute atomic E-state index is 0.150. The lowest BCUT2D eigenvalue weighted by Crippen LogP contribution is -2.54. The van der Waals surface area contributed by atoms with Gasteiger partial charge in [0.2, 0.25) is 11.8 Å². The van der Waals surface area contributed by atoms with Crippen molar-refractivity contribution in [1.82, 2.24) is 10.2 Å². The molecule has 0 bridgehead atoms. The van der Waals surface area contributed by atoms with Gasteiger partial charge in [0, 0.05) is 28.4 Å². The van der Waals surface area contributed by atoms with E-state index in [9.17, 15) is 14.0 Å². The van der Waals surface area contributed by atoms with Gasteiger partial charge in [-0.2, -0.15) is 0 Å². The summed E-state index contributed by atoms with van der Waals surface area (Å²) >= 11 is 7.36. The van der Waals surface area contributed by atoms with Crippen molar-refractivity contribution in [2.75, 3.05) is 5.75 Å². The topological polar surface area (TPSA) is 49.4 Å². The fourth-order valence-corrected chi connectivity index (χ4v) is 4.46. The number of hydrogen-bond donors (Lipinski definition) is 1. The second-order valence-electron chi connectivity index (χ2n) is 9.34. The number of carbonyl (C=O) groups is 2. The van der Waals surface area contributed by atoms with E-state index in [1.165, 1.54) is 23.9 Å². The van der Waals surface area contributed by atoms with E-state index in [-0.39, 0.29) is 29.9 Å². The van der Waals surface area contributed by atoms with Crippen LogP contribution in [0.15, 0.2) is 83.8 Å². The molecule has 3 aromatic carbocycles. The van der Waals surface area contributed by atoms with Crippen LogP contribution >= 0.6 is 23.4 Å². The fraction of sp³-hybridized carbons (Fsp3) is 0.286. The maximum absolute atomic E-state index is 13.6. The number of nitrogens with one attached hydrogen (secondary N) is 1. The molecule has 1 N–H and O–H groups in total. The molecule has 0 aliphatic carbocycles. The molecule has 0 saturated carbocycles. The van der Waals surface area contributed by atoms with Crippen LogP contribution in [0.3, 0.4) is 0 Å². The molecule has 0 aliphatic heterocycles. The summed E-state index contributed by atoms with van der Waals surface area (Å²) in [6.45, 7) is 5.92. The van der Waals surface area contributed by atoms with Crippen molar-refractivity contribution >= 4 is 35.2 Å². The highest BCUT2D eigenvalue weighted by molar-refractivity contribution is 8.00. The van der Waals surface area contributed by atoms with Gasteiger partial charge in [0.15, 0.2) is 0 Å². The summed E-state index contributed by atoms with van der Waals surface area (Å²) in [6, 6.07) is 22.2. The Morgan fingerprint density at radius 3 is 2.17 bits per heavy atom. The first kappa shape index (κ1) is 26.8. The molecule has 7 heteroatoms. The molecule has 0 radical (unpaired) electrons. The van der Waals surface area contributed by atoms with E-state index in [0.29, 0.717) is 11.4 Å². The van der Waals surface area contributed by atoms with Crippen LogP contribution < -0.4 is 5.32 Å². The Kier molecular flexibility index (Phi) is 9.35. The third-order valence-electron chi connectivity index (χ3n) is 5.21. The highest BCUT2D eigenvalue weighted by atomic mass is 35.5. The minimum atomic E-state index is -0.736. The van der Waals surface area contributed by atoms with E-state index in [0.717, 1.165) is 16.0 Å². The molecule has 0 unspecified atom stereocenters. The van der Waals surface area contributed by atoms with E-state index in [2.05, 4.69) is 5.32 Å². The second kappa shape index (κ2) is 12.2. The zero-order chi connectivity index (χ0) is 25.4. The Balaban J connectivity index is 1.91. The van der Waals surface area contributed by atoms with Gasteiger partial charge >= 0.3 is 0 Å². The van der Waals surface area contributed by atoms with Crippen LogP contribution in [-0.4, -0.2) is 34.0 Å². The third kappa shape index (κ3) is 8.71. The number of thioether (sulfide) groups is 1. The van der Waals surface area contributed by atoms with Crippen molar-refractivity contribution in [2.45, 2.75) is 50.2 Å². The normalized spacial score (nSPS) is 12.1. The lowest BCUT2D eigenvalue weighted by molar-refractivity contribution is -0.140. The minimum Gasteiger partial charge on any atom is -0.350 e. The summed E-state index contributed by atoms with van der Waals surface area (Å²) in [6.07, 6.45) is 0.362. The number of carbonyl (C=O) groups excluding carboxylic acids is 2. The van der Waals surface area contributed by atoms with Crippen LogP contribution in [-0.2, 0) is 22.6 Å². The Hall–Kier alpha value is -2.83. The molecule has 0 spiro atoms. The van der Waals surface area contributed by atoms with Gasteiger partial charge in [0.1, 0.15) is 11.9 Å². The first-order valence-corrected chi connectivity index (χ1v) is 12.8. The second-order valence-corrected chi connectivity index (χ2v) is 10.8. The summed E-state index contributed by atoms with van der Waals surface area (Å²) in [5.41, 5.74) is 1.23. The third-order valence-corrected chi connectivity index (χ3v) is 6.46. The number of benzene rings is 3. The van der Waals surface area contributed by atoms with Crippen molar-refractivity contribution in [3.8, 4) is 0 Å². The quantitative estimate of drug-likeness (QED) is 0.351. The maximum Gasteiger partial charge on any atom is 0.243 e. The van der Waals surface area contributed by atoms with Crippen molar-refractivity contribution < 1.29 is 14.0 Å². The number of amides is 2. The van der Waals surface area contributed by atoms with Gasteiger partial charge in [-0.3, -0.25) is 9.59 Å². The maximum atomic E-state index is 13.6. The number of nitrogens with zero attached hydrogens (tertiary/aromatic N) is 1. The van der Waals surface area contributed by atoms with Gasteiger partial charge < -0.3 is 10.2 Å². The number of hydrogen-bond acceptors (Lipinski definition) is 3. The van der Waals surface area contributed by atoms with E-state index >= 15 is 0 Å². The monoisotopic (exact) mass is 512 g/mol. The van der Waals surface area contributed by atoms with Gasteiger partial charge in [-0.25, -0.2) is 4.39 Å². The molecule has 0 fully saturated rings. The largest absolute Gasteiger partial charge is 0.350 e. The zero-order valence-electron chi connectivity index (χ0n) is 20.1. The van der Waals surface area contributed by atoms with Crippen LogP contribution in [0.1, 0.15) is 31.9 Å². The van der Waals surface area contributed by atoms with Crippen molar-refractivity contribution in [1.29, 1.82) is 0 Å².